The third-order valence-electron chi connectivity index (χ3n) is 5.60. The molecule has 0 heterocycles. The molecule has 0 saturated carbocycles. The first-order chi connectivity index (χ1) is 16.5. The molecule has 5 unspecified atom stereocenters. The van der Waals surface area contributed by atoms with E-state index in [0.717, 1.165) is 0 Å². The van der Waals surface area contributed by atoms with Crippen molar-refractivity contribution < 1.29 is 34.2 Å². The summed E-state index contributed by atoms with van der Waals surface area (Å²) in [5, 5.41) is 26.0. The molecule has 5 atom stereocenters. The number of amides is 3. The van der Waals surface area contributed by atoms with Crippen LogP contribution in [0.15, 0.2) is 0 Å². The number of nitrogens with two attached hydrogens (primary N) is 2. The highest BCUT2D eigenvalue weighted by Crippen LogP contribution is 2.11. The fourth-order valence-corrected chi connectivity index (χ4v) is 3.64. The molecule has 0 aliphatic carbocycles. The zero-order valence-electron chi connectivity index (χ0n) is 20.7. The lowest BCUT2D eigenvalue weighted by Crippen LogP contribution is -2.58. The Hall–Kier alpha value is -2.38. The van der Waals surface area contributed by atoms with E-state index in [1.807, 2.05) is 13.2 Å². The minimum atomic E-state index is -1.23. The molecule has 12 nitrogen and oxygen atoms in total. The van der Waals surface area contributed by atoms with E-state index in [0.29, 0.717) is 38.0 Å². The van der Waals surface area contributed by atoms with Gasteiger partial charge in [0, 0.05) is 6.42 Å². The summed E-state index contributed by atoms with van der Waals surface area (Å²) in [4.78, 5) is 61.0. The molecule has 0 aliphatic heterocycles. The van der Waals surface area contributed by atoms with Crippen molar-refractivity contribution >= 4 is 41.4 Å². The number of carbonyl (C=O) groups is 5. The average Bonchev–Trinajstić information content (AvgIpc) is 2.81. The van der Waals surface area contributed by atoms with E-state index in [1.54, 1.807) is 6.92 Å². The van der Waals surface area contributed by atoms with Gasteiger partial charge in [0.2, 0.25) is 17.7 Å². The van der Waals surface area contributed by atoms with E-state index in [1.165, 1.54) is 11.8 Å². The molecule has 0 aliphatic rings. The first-order valence-corrected chi connectivity index (χ1v) is 13.2. The summed E-state index contributed by atoms with van der Waals surface area (Å²) in [6.07, 6.45) is 3.58. The summed E-state index contributed by atoms with van der Waals surface area (Å²) < 4.78 is 0. The van der Waals surface area contributed by atoms with Crippen LogP contribution < -0.4 is 27.4 Å². The maximum atomic E-state index is 13.0. The standard InChI is InChI=1S/C22H41N5O7S/c1-4-13(2)18(21(32)26-16(22(33)34)10-12-35-3)27-20(31)15(8-9-17(28)29)25-19(30)14(24)7-5-6-11-23/h13-16,18H,4-12,23-24H2,1-3H3,(H,25,30)(H,26,32)(H,27,31)(H,28,29)(H,33,34). The lowest BCUT2D eigenvalue weighted by atomic mass is 9.97. The van der Waals surface area contributed by atoms with Crippen LogP contribution >= 0.6 is 11.8 Å². The predicted molar refractivity (Wildman–Crippen MR) is 134 cm³/mol. The highest BCUT2D eigenvalue weighted by Gasteiger charge is 2.32. The van der Waals surface area contributed by atoms with Crippen LogP contribution in [0.4, 0.5) is 0 Å². The van der Waals surface area contributed by atoms with Crippen LogP contribution in [0.3, 0.4) is 0 Å². The fraction of sp³-hybridized carbons (Fsp3) is 0.773. The third kappa shape index (κ3) is 13.3. The lowest BCUT2D eigenvalue weighted by Gasteiger charge is -2.28. The summed E-state index contributed by atoms with van der Waals surface area (Å²) in [7, 11) is 0. The average molecular weight is 520 g/mol. The highest BCUT2D eigenvalue weighted by molar-refractivity contribution is 7.98. The Morgan fingerprint density at radius 1 is 0.886 bits per heavy atom. The first-order valence-electron chi connectivity index (χ1n) is 11.8. The molecule has 202 valence electrons. The maximum absolute atomic E-state index is 13.0. The van der Waals surface area contributed by atoms with Crippen molar-refractivity contribution in [2.24, 2.45) is 17.4 Å². The van der Waals surface area contributed by atoms with Crippen molar-refractivity contribution in [3.63, 3.8) is 0 Å². The van der Waals surface area contributed by atoms with Crippen LogP contribution in [0.2, 0.25) is 0 Å². The Balaban J connectivity index is 5.51. The largest absolute Gasteiger partial charge is 0.481 e. The van der Waals surface area contributed by atoms with E-state index in [4.69, 9.17) is 16.6 Å². The predicted octanol–water partition coefficient (Wildman–Crippen LogP) is -0.354. The molecular weight excluding hydrogens is 478 g/mol. The smallest absolute Gasteiger partial charge is 0.326 e. The monoisotopic (exact) mass is 519 g/mol. The van der Waals surface area contributed by atoms with E-state index < -0.39 is 60.2 Å². The molecule has 9 N–H and O–H groups in total. The van der Waals surface area contributed by atoms with Gasteiger partial charge in [-0.25, -0.2) is 4.79 Å². The fourth-order valence-electron chi connectivity index (χ4n) is 3.17. The summed E-state index contributed by atoms with van der Waals surface area (Å²) in [5.74, 6) is -4.20. The number of nitrogens with one attached hydrogen (secondary N) is 3. The number of thioether (sulfide) groups is 1. The van der Waals surface area contributed by atoms with Gasteiger partial charge in [-0.1, -0.05) is 26.7 Å². The number of rotatable bonds is 19. The van der Waals surface area contributed by atoms with E-state index in [-0.39, 0.29) is 18.8 Å². The molecule has 0 aromatic carbocycles. The van der Waals surface area contributed by atoms with E-state index >= 15 is 0 Å². The van der Waals surface area contributed by atoms with Crippen LogP contribution in [0, 0.1) is 5.92 Å². The van der Waals surface area contributed by atoms with Gasteiger partial charge in [0.15, 0.2) is 0 Å². The molecule has 0 rings (SSSR count). The number of aliphatic carboxylic acids is 2. The molecule has 0 saturated heterocycles. The van der Waals surface area contributed by atoms with Crippen molar-refractivity contribution in [1.82, 2.24) is 16.0 Å². The van der Waals surface area contributed by atoms with Crippen molar-refractivity contribution in [1.29, 1.82) is 0 Å². The van der Waals surface area contributed by atoms with Crippen LogP contribution in [0.5, 0.6) is 0 Å². The molecule has 0 fully saturated rings. The minimum Gasteiger partial charge on any atom is -0.481 e. The molecule has 0 spiro atoms. The number of hydrogen-bond donors (Lipinski definition) is 7. The number of carboxylic acid groups (broad SMARTS) is 2. The Morgan fingerprint density at radius 2 is 1.51 bits per heavy atom. The molecule has 0 aromatic rings. The SMILES string of the molecule is CCC(C)C(NC(=O)C(CCC(=O)O)NC(=O)C(N)CCCCN)C(=O)NC(CCSC)C(=O)O. The van der Waals surface area contributed by atoms with E-state index in [9.17, 15) is 29.1 Å². The number of carbonyl (C=O) groups excluding carboxylic acids is 3. The Kier molecular flexibility index (Phi) is 16.7. The van der Waals surface area contributed by atoms with Crippen LogP contribution in [0.1, 0.15) is 58.8 Å². The van der Waals surface area contributed by atoms with Gasteiger partial charge in [0.05, 0.1) is 6.04 Å². The second kappa shape index (κ2) is 18.0. The lowest BCUT2D eigenvalue weighted by molar-refractivity contribution is -0.142. The normalized spacial score (nSPS) is 15.2. The molecule has 0 radical (unpaired) electrons. The summed E-state index contributed by atoms with van der Waals surface area (Å²) >= 11 is 1.44. The van der Waals surface area contributed by atoms with Gasteiger partial charge in [-0.05, 0) is 50.2 Å². The van der Waals surface area contributed by atoms with Crippen molar-refractivity contribution in [2.45, 2.75) is 83.0 Å². The number of unbranched alkanes of at least 4 members (excludes halogenated alkanes) is 1. The van der Waals surface area contributed by atoms with Gasteiger partial charge in [0.1, 0.15) is 18.1 Å². The van der Waals surface area contributed by atoms with Gasteiger partial charge >= 0.3 is 11.9 Å². The Bertz CT molecular complexity index is 710. The highest BCUT2D eigenvalue weighted by atomic mass is 32.2. The van der Waals surface area contributed by atoms with Gasteiger partial charge in [-0.2, -0.15) is 11.8 Å². The molecule has 35 heavy (non-hydrogen) atoms. The molecule has 0 bridgehead atoms. The summed E-state index contributed by atoms with van der Waals surface area (Å²) in [6.45, 7) is 3.99. The number of carboxylic acids is 2. The second-order valence-electron chi connectivity index (χ2n) is 8.44. The van der Waals surface area contributed by atoms with Crippen LogP contribution in [-0.2, 0) is 24.0 Å². The van der Waals surface area contributed by atoms with Crippen LogP contribution in [0.25, 0.3) is 0 Å². The zero-order chi connectivity index (χ0) is 27.0. The Morgan fingerprint density at radius 3 is 2.03 bits per heavy atom. The molecule has 13 heteroatoms. The summed E-state index contributed by atoms with van der Waals surface area (Å²) in [5.41, 5.74) is 11.3. The summed E-state index contributed by atoms with van der Waals surface area (Å²) in [6, 6.07) is -4.33. The van der Waals surface area contributed by atoms with Gasteiger partial charge in [0.25, 0.3) is 0 Å². The second-order valence-corrected chi connectivity index (χ2v) is 9.42. The molecule has 0 aromatic heterocycles. The Labute approximate surface area is 210 Å². The van der Waals surface area contributed by atoms with Crippen molar-refractivity contribution in [2.75, 3.05) is 18.6 Å². The zero-order valence-corrected chi connectivity index (χ0v) is 21.6. The minimum absolute atomic E-state index is 0.206. The van der Waals surface area contributed by atoms with Crippen molar-refractivity contribution in [3.05, 3.63) is 0 Å². The van der Waals surface area contributed by atoms with Gasteiger partial charge in [-0.3, -0.25) is 19.2 Å². The van der Waals surface area contributed by atoms with Gasteiger partial charge < -0.3 is 37.6 Å². The molecular formula is C22H41N5O7S. The van der Waals surface area contributed by atoms with Gasteiger partial charge in [-0.15, -0.1) is 0 Å². The first kappa shape index (κ1) is 32.6. The topological polar surface area (TPSA) is 214 Å². The van der Waals surface area contributed by atoms with Crippen molar-refractivity contribution in [3.8, 4) is 0 Å². The number of hydrogen-bond acceptors (Lipinski definition) is 8. The van der Waals surface area contributed by atoms with Crippen LogP contribution in [-0.4, -0.2) is 82.6 Å². The quantitative estimate of drug-likeness (QED) is 0.110. The van der Waals surface area contributed by atoms with E-state index in [2.05, 4.69) is 16.0 Å². The third-order valence-corrected chi connectivity index (χ3v) is 6.25. The maximum Gasteiger partial charge on any atom is 0.326 e. The molecule has 3 amide bonds.